The summed E-state index contributed by atoms with van der Waals surface area (Å²) in [5.74, 6) is 0.755. The Morgan fingerprint density at radius 2 is 2.14 bits per heavy atom. The first kappa shape index (κ1) is 8.94. The second-order valence-corrected chi connectivity index (χ2v) is 3.04. The molecule has 0 aliphatic carbocycles. The molecule has 0 spiro atoms. The Morgan fingerprint density at radius 1 is 1.36 bits per heavy atom. The maximum Gasteiger partial charge on any atom is 0.216 e. The molecule has 0 radical (unpaired) electrons. The molecule has 1 heterocycles. The van der Waals surface area contributed by atoms with E-state index in [4.69, 9.17) is 4.74 Å². The van der Waals surface area contributed by atoms with Crippen LogP contribution in [0.5, 0.6) is 0 Å². The zero-order chi connectivity index (χ0) is 9.80. The summed E-state index contributed by atoms with van der Waals surface area (Å²) in [7, 11) is 1.76. The molecule has 1 aromatic rings. The van der Waals surface area contributed by atoms with E-state index >= 15 is 0 Å². The Hall–Kier alpha value is -1.64. The van der Waals surface area contributed by atoms with Gasteiger partial charge in [-0.2, -0.15) is 0 Å². The summed E-state index contributed by atoms with van der Waals surface area (Å²) in [5, 5.41) is 0. The fourth-order valence-corrected chi connectivity index (χ4v) is 1.37. The number of benzene rings is 1. The van der Waals surface area contributed by atoms with Crippen molar-refractivity contribution in [3.8, 4) is 0 Å². The van der Waals surface area contributed by atoms with E-state index in [1.165, 1.54) is 0 Å². The van der Waals surface area contributed by atoms with E-state index in [9.17, 15) is 0 Å². The summed E-state index contributed by atoms with van der Waals surface area (Å²) in [4.78, 5) is 8.19. The van der Waals surface area contributed by atoms with Crippen molar-refractivity contribution in [2.24, 2.45) is 9.98 Å². The van der Waals surface area contributed by atoms with Crippen molar-refractivity contribution in [2.75, 3.05) is 20.2 Å². The molecule has 1 aromatic carbocycles. The van der Waals surface area contributed by atoms with Crippen LogP contribution in [0.15, 0.2) is 34.3 Å². The second kappa shape index (κ2) is 4.05. The first-order valence-electron chi connectivity index (χ1n) is 4.60. The molecule has 0 amide bonds. The minimum Gasteiger partial charge on any atom is -0.476 e. The molecule has 0 saturated carbocycles. The highest BCUT2D eigenvalue weighted by molar-refractivity contribution is 5.95. The topological polar surface area (TPSA) is 34.0 Å². The predicted molar refractivity (Wildman–Crippen MR) is 57.3 cm³/mol. The van der Waals surface area contributed by atoms with Crippen molar-refractivity contribution in [1.82, 2.24) is 0 Å². The van der Waals surface area contributed by atoms with Gasteiger partial charge in [0.1, 0.15) is 6.61 Å². The Morgan fingerprint density at radius 3 is 2.71 bits per heavy atom. The summed E-state index contributed by atoms with van der Waals surface area (Å²) in [5.41, 5.74) is 2.13. The van der Waals surface area contributed by atoms with Crippen LogP contribution in [0.4, 0.5) is 0 Å². The lowest BCUT2D eigenvalue weighted by Crippen LogP contribution is -2.00. The van der Waals surface area contributed by atoms with Crippen molar-refractivity contribution in [3.05, 3.63) is 35.4 Å². The Bertz CT molecular complexity index is 365. The number of nitrogens with zero attached hydrogens (tertiary/aromatic N) is 2. The van der Waals surface area contributed by atoms with Gasteiger partial charge < -0.3 is 4.74 Å². The van der Waals surface area contributed by atoms with Gasteiger partial charge in [0, 0.05) is 18.8 Å². The third-order valence-electron chi connectivity index (χ3n) is 2.02. The molecule has 0 aromatic heterocycles. The van der Waals surface area contributed by atoms with Crippen LogP contribution in [-0.2, 0) is 4.74 Å². The van der Waals surface area contributed by atoms with Gasteiger partial charge in [-0.15, -0.1) is 0 Å². The van der Waals surface area contributed by atoms with Crippen LogP contribution in [-0.4, -0.2) is 32.3 Å². The molecule has 1 aliphatic heterocycles. The lowest BCUT2D eigenvalue weighted by molar-refractivity contribution is 0.348. The van der Waals surface area contributed by atoms with Gasteiger partial charge >= 0.3 is 0 Å². The van der Waals surface area contributed by atoms with Gasteiger partial charge in [0.05, 0.1) is 6.54 Å². The first-order chi connectivity index (χ1) is 6.90. The molecular weight excluding hydrogens is 176 g/mol. The van der Waals surface area contributed by atoms with Gasteiger partial charge in [-0.1, -0.05) is 12.1 Å². The molecule has 0 atom stereocenters. The third-order valence-corrected chi connectivity index (χ3v) is 2.02. The maximum atomic E-state index is 5.36. The molecule has 0 N–H and O–H groups in total. The van der Waals surface area contributed by atoms with E-state index in [-0.39, 0.29) is 0 Å². The summed E-state index contributed by atoms with van der Waals surface area (Å²) >= 11 is 0. The van der Waals surface area contributed by atoms with Gasteiger partial charge in [-0.25, -0.2) is 4.99 Å². The molecule has 0 unspecified atom stereocenters. The lowest BCUT2D eigenvalue weighted by atomic mass is 10.1. The molecule has 2 rings (SSSR count). The van der Waals surface area contributed by atoms with Crippen LogP contribution in [0.2, 0.25) is 0 Å². The largest absolute Gasteiger partial charge is 0.476 e. The molecule has 72 valence electrons. The van der Waals surface area contributed by atoms with Gasteiger partial charge in [0.15, 0.2) is 0 Å². The average molecular weight is 188 g/mol. The average Bonchev–Trinajstić information content (AvgIpc) is 2.72. The normalized spacial score (nSPS) is 15.6. The Kier molecular flexibility index (Phi) is 2.58. The Labute approximate surface area is 83.2 Å². The van der Waals surface area contributed by atoms with Crippen molar-refractivity contribution >= 4 is 12.1 Å². The highest BCUT2D eigenvalue weighted by Crippen LogP contribution is 2.08. The molecular formula is C11H12N2O. The molecule has 14 heavy (non-hydrogen) atoms. The highest BCUT2D eigenvalue weighted by atomic mass is 16.5. The van der Waals surface area contributed by atoms with Gasteiger partial charge in [-0.05, 0) is 17.7 Å². The van der Waals surface area contributed by atoms with Crippen molar-refractivity contribution in [3.63, 3.8) is 0 Å². The number of hydrogen-bond acceptors (Lipinski definition) is 3. The van der Waals surface area contributed by atoms with Crippen molar-refractivity contribution < 1.29 is 4.74 Å². The molecule has 3 nitrogen and oxygen atoms in total. The quantitative estimate of drug-likeness (QED) is 0.648. The van der Waals surface area contributed by atoms with Crippen molar-refractivity contribution in [2.45, 2.75) is 0 Å². The van der Waals surface area contributed by atoms with Crippen LogP contribution >= 0.6 is 0 Å². The maximum absolute atomic E-state index is 5.36. The number of aliphatic imine (C=N–C) groups is 2. The fraction of sp³-hybridized carbons (Fsp3) is 0.273. The van der Waals surface area contributed by atoms with Gasteiger partial charge in [-0.3, -0.25) is 4.99 Å². The fourth-order valence-electron chi connectivity index (χ4n) is 1.37. The number of rotatable bonds is 2. The van der Waals surface area contributed by atoms with Crippen LogP contribution in [0.1, 0.15) is 11.1 Å². The highest BCUT2D eigenvalue weighted by Gasteiger charge is 2.08. The summed E-state index contributed by atoms with van der Waals surface area (Å²) in [6.07, 6.45) is 1.82. The Balaban J connectivity index is 2.21. The predicted octanol–water partition coefficient (Wildman–Crippen LogP) is 1.51. The van der Waals surface area contributed by atoms with Crippen LogP contribution < -0.4 is 0 Å². The summed E-state index contributed by atoms with van der Waals surface area (Å²) in [6, 6.07) is 8.02. The first-order valence-corrected chi connectivity index (χ1v) is 4.60. The van der Waals surface area contributed by atoms with Crippen LogP contribution in [0.3, 0.4) is 0 Å². The van der Waals surface area contributed by atoms with E-state index in [2.05, 4.69) is 9.98 Å². The SMILES string of the molecule is CN=Cc1ccc(C2=NCCO2)cc1. The summed E-state index contributed by atoms with van der Waals surface area (Å²) < 4.78 is 5.36. The zero-order valence-electron chi connectivity index (χ0n) is 8.10. The molecule has 0 bridgehead atoms. The van der Waals surface area contributed by atoms with E-state index in [1.807, 2.05) is 30.5 Å². The van der Waals surface area contributed by atoms with Gasteiger partial charge in [0.2, 0.25) is 5.90 Å². The molecule has 0 fully saturated rings. The van der Waals surface area contributed by atoms with E-state index in [0.717, 1.165) is 23.6 Å². The summed E-state index contributed by atoms with van der Waals surface area (Å²) in [6.45, 7) is 1.47. The standard InChI is InChI=1S/C11H12N2O/c1-12-8-9-2-4-10(5-3-9)11-13-6-7-14-11/h2-5,8H,6-7H2,1H3. The molecule has 0 saturated heterocycles. The number of hydrogen-bond donors (Lipinski definition) is 0. The van der Waals surface area contributed by atoms with Crippen LogP contribution in [0.25, 0.3) is 0 Å². The van der Waals surface area contributed by atoms with Gasteiger partial charge in [0.25, 0.3) is 0 Å². The third kappa shape index (κ3) is 1.82. The van der Waals surface area contributed by atoms with E-state index < -0.39 is 0 Å². The lowest BCUT2D eigenvalue weighted by Gasteiger charge is -2.01. The number of ether oxygens (including phenoxy) is 1. The minimum atomic E-state index is 0.702. The van der Waals surface area contributed by atoms with Crippen molar-refractivity contribution in [1.29, 1.82) is 0 Å². The second-order valence-electron chi connectivity index (χ2n) is 3.04. The monoisotopic (exact) mass is 188 g/mol. The minimum absolute atomic E-state index is 0.702. The van der Waals surface area contributed by atoms with E-state index in [1.54, 1.807) is 7.05 Å². The molecule has 3 heteroatoms. The van der Waals surface area contributed by atoms with Crippen LogP contribution in [0, 0.1) is 0 Å². The zero-order valence-corrected chi connectivity index (χ0v) is 8.10. The smallest absolute Gasteiger partial charge is 0.216 e. The molecule has 1 aliphatic rings. The van der Waals surface area contributed by atoms with E-state index in [0.29, 0.717) is 6.61 Å².